The van der Waals surface area contributed by atoms with Crippen LogP contribution in [-0.4, -0.2) is 46.6 Å². The fraction of sp³-hybridized carbons (Fsp3) is 0.481. The Bertz CT molecular complexity index is 1240. The molecule has 0 unspecified atom stereocenters. The summed E-state index contributed by atoms with van der Waals surface area (Å²) >= 11 is 3.46. The van der Waals surface area contributed by atoms with Crippen LogP contribution in [0.4, 0.5) is 15.8 Å². The molecule has 0 spiro atoms. The van der Waals surface area contributed by atoms with Crippen molar-refractivity contribution in [3.05, 3.63) is 52.0 Å². The third-order valence-electron chi connectivity index (χ3n) is 7.05. The van der Waals surface area contributed by atoms with Crippen LogP contribution in [0.15, 0.2) is 35.1 Å². The van der Waals surface area contributed by atoms with Gasteiger partial charge >= 0.3 is 0 Å². The number of nitrogens with one attached hydrogen (secondary N) is 2. The highest BCUT2D eigenvalue weighted by atomic mass is 79.9. The van der Waals surface area contributed by atoms with Crippen LogP contribution in [0.3, 0.4) is 0 Å². The number of amides is 1. The molecule has 3 aromatic rings. The van der Waals surface area contributed by atoms with E-state index in [4.69, 9.17) is 4.84 Å². The summed E-state index contributed by atoms with van der Waals surface area (Å²) in [5.74, 6) is -0.527. The van der Waals surface area contributed by atoms with Crippen LogP contribution in [-0.2, 0) is 11.4 Å². The molecule has 5 rings (SSSR count). The molecular formula is C27H33BrFN5O2. The summed E-state index contributed by atoms with van der Waals surface area (Å²) in [6.45, 7) is 6.42. The van der Waals surface area contributed by atoms with Gasteiger partial charge in [-0.2, -0.15) is 0 Å². The Morgan fingerprint density at radius 3 is 2.75 bits per heavy atom. The van der Waals surface area contributed by atoms with Crippen LogP contribution in [0, 0.1) is 18.7 Å². The van der Waals surface area contributed by atoms with Gasteiger partial charge in [0.25, 0.3) is 5.91 Å². The molecule has 2 aliphatic rings. The number of piperidine rings is 1. The smallest absolute Gasteiger partial charge is 0.277 e. The molecule has 1 aliphatic heterocycles. The lowest BCUT2D eigenvalue weighted by atomic mass is 10.1. The summed E-state index contributed by atoms with van der Waals surface area (Å²) in [7, 11) is 0. The molecule has 2 heterocycles. The first-order chi connectivity index (χ1) is 17.5. The van der Waals surface area contributed by atoms with E-state index in [1.54, 1.807) is 12.4 Å². The number of halogens is 2. The second kappa shape index (κ2) is 11.3. The molecule has 192 valence electrons. The van der Waals surface area contributed by atoms with E-state index in [0.717, 1.165) is 48.9 Å². The van der Waals surface area contributed by atoms with E-state index in [-0.39, 0.29) is 16.8 Å². The Labute approximate surface area is 219 Å². The van der Waals surface area contributed by atoms with E-state index in [1.807, 2.05) is 29.7 Å². The minimum atomic E-state index is -0.544. The molecule has 1 aromatic heterocycles. The van der Waals surface area contributed by atoms with Crippen molar-refractivity contribution in [3.8, 4) is 0 Å². The van der Waals surface area contributed by atoms with E-state index in [9.17, 15) is 4.79 Å². The molecule has 1 saturated carbocycles. The van der Waals surface area contributed by atoms with Crippen molar-refractivity contribution in [3.63, 3.8) is 0 Å². The Hall–Kier alpha value is -2.49. The van der Waals surface area contributed by atoms with Gasteiger partial charge in [0.05, 0.1) is 29.7 Å². The van der Waals surface area contributed by atoms with Crippen molar-refractivity contribution in [2.24, 2.45) is 5.92 Å². The van der Waals surface area contributed by atoms with E-state index < -0.39 is 11.7 Å². The second-order valence-electron chi connectivity index (χ2n) is 9.94. The van der Waals surface area contributed by atoms with Crippen LogP contribution < -0.4 is 10.8 Å². The Morgan fingerprint density at radius 2 is 2.00 bits per heavy atom. The molecule has 36 heavy (non-hydrogen) atoms. The number of likely N-dealkylation sites (tertiary alicyclic amines) is 1. The molecule has 2 fully saturated rings. The van der Waals surface area contributed by atoms with Gasteiger partial charge < -0.3 is 14.8 Å². The van der Waals surface area contributed by atoms with Crippen LogP contribution in [0.2, 0.25) is 0 Å². The monoisotopic (exact) mass is 557 g/mol. The summed E-state index contributed by atoms with van der Waals surface area (Å²) in [6, 6.07) is 7.39. The number of carbonyl (C=O) groups is 1. The minimum absolute atomic E-state index is 0.0963. The maximum Gasteiger partial charge on any atom is 0.277 e. The third kappa shape index (κ3) is 5.90. The predicted octanol–water partition coefficient (Wildman–Crippen LogP) is 5.94. The van der Waals surface area contributed by atoms with Gasteiger partial charge in [-0.3, -0.25) is 9.63 Å². The van der Waals surface area contributed by atoms with E-state index >= 15 is 4.39 Å². The molecule has 7 nitrogen and oxygen atoms in total. The predicted molar refractivity (Wildman–Crippen MR) is 143 cm³/mol. The van der Waals surface area contributed by atoms with Gasteiger partial charge in [0, 0.05) is 16.7 Å². The van der Waals surface area contributed by atoms with Crippen molar-refractivity contribution in [1.29, 1.82) is 0 Å². The number of hydroxylamine groups is 1. The quantitative estimate of drug-likeness (QED) is 0.302. The average molecular weight is 558 g/mol. The lowest BCUT2D eigenvalue weighted by Gasteiger charge is -2.26. The highest BCUT2D eigenvalue weighted by Crippen LogP contribution is 2.33. The number of imidazole rings is 1. The maximum absolute atomic E-state index is 15.9. The largest absolute Gasteiger partial charge is 0.352 e. The van der Waals surface area contributed by atoms with E-state index in [1.165, 1.54) is 19.3 Å². The average Bonchev–Trinajstić information content (AvgIpc) is 3.61. The molecule has 1 aliphatic carbocycles. The zero-order valence-electron chi connectivity index (χ0n) is 20.7. The molecule has 2 N–H and O–H groups in total. The zero-order valence-corrected chi connectivity index (χ0v) is 22.2. The van der Waals surface area contributed by atoms with Crippen LogP contribution in [0.1, 0.15) is 54.4 Å². The summed E-state index contributed by atoms with van der Waals surface area (Å²) in [5, 5.41) is 3.15. The Kier molecular flexibility index (Phi) is 7.88. The first kappa shape index (κ1) is 25.2. The lowest BCUT2D eigenvalue weighted by Crippen LogP contribution is -2.31. The standard InChI is InChI=1S/C27H33BrFN5O2/c1-18-14-20(28)8-9-22(18)31-25-21(27(35)32-36-16-19-6-7-19)15-23-26(24(25)29)30-17-34(23)13-5-12-33-10-3-2-4-11-33/h8-9,14-15,17,19,31H,2-7,10-13,16H2,1H3,(H,32,35). The molecule has 1 saturated heterocycles. The highest BCUT2D eigenvalue weighted by Gasteiger charge is 2.25. The normalized spacial score (nSPS) is 16.4. The number of fused-ring (bicyclic) bond motifs is 1. The fourth-order valence-corrected chi connectivity index (χ4v) is 5.23. The Balaban J connectivity index is 1.42. The van der Waals surface area contributed by atoms with Crippen molar-refractivity contribution in [2.45, 2.75) is 52.0 Å². The number of nitrogens with zero attached hydrogens (tertiary/aromatic N) is 3. The van der Waals surface area contributed by atoms with Crippen molar-refractivity contribution >= 4 is 44.2 Å². The number of hydrogen-bond acceptors (Lipinski definition) is 5. The van der Waals surface area contributed by atoms with E-state index in [2.05, 4.69) is 36.6 Å². The van der Waals surface area contributed by atoms with Crippen molar-refractivity contribution in [2.75, 3.05) is 31.6 Å². The molecule has 1 amide bonds. The first-order valence-electron chi connectivity index (χ1n) is 12.8. The second-order valence-corrected chi connectivity index (χ2v) is 10.9. The van der Waals surface area contributed by atoms with Gasteiger partial charge in [-0.1, -0.05) is 22.4 Å². The summed E-state index contributed by atoms with van der Waals surface area (Å²) < 4.78 is 18.8. The molecule has 0 bridgehead atoms. The fourth-order valence-electron chi connectivity index (χ4n) is 4.75. The topological polar surface area (TPSA) is 71.4 Å². The number of rotatable bonds is 10. The van der Waals surface area contributed by atoms with Gasteiger partial charge in [0.2, 0.25) is 0 Å². The maximum atomic E-state index is 15.9. The summed E-state index contributed by atoms with van der Waals surface area (Å²) in [5.41, 5.74) is 5.30. The number of aryl methyl sites for hydroxylation is 2. The van der Waals surface area contributed by atoms with Gasteiger partial charge in [-0.15, -0.1) is 0 Å². The van der Waals surface area contributed by atoms with Gasteiger partial charge in [-0.05, 0) is 94.4 Å². The van der Waals surface area contributed by atoms with Gasteiger partial charge in [-0.25, -0.2) is 14.9 Å². The number of aromatic nitrogens is 2. The van der Waals surface area contributed by atoms with Crippen molar-refractivity contribution in [1.82, 2.24) is 19.9 Å². The first-order valence-corrected chi connectivity index (χ1v) is 13.6. The highest BCUT2D eigenvalue weighted by molar-refractivity contribution is 9.10. The molecule has 0 atom stereocenters. The number of benzene rings is 2. The number of carbonyl (C=O) groups excluding carboxylic acids is 1. The molecule has 0 radical (unpaired) electrons. The van der Waals surface area contributed by atoms with Crippen LogP contribution >= 0.6 is 15.9 Å². The molecular weight excluding hydrogens is 525 g/mol. The number of anilines is 2. The number of hydrogen-bond donors (Lipinski definition) is 2. The van der Waals surface area contributed by atoms with Crippen LogP contribution in [0.25, 0.3) is 11.0 Å². The van der Waals surface area contributed by atoms with Crippen LogP contribution in [0.5, 0.6) is 0 Å². The SMILES string of the molecule is Cc1cc(Br)ccc1Nc1c(C(=O)NOCC2CC2)cc2c(ncn2CCCN2CCCCC2)c1F. The molecule has 2 aromatic carbocycles. The van der Waals surface area contributed by atoms with Gasteiger partial charge in [0.1, 0.15) is 5.52 Å². The Morgan fingerprint density at radius 1 is 1.19 bits per heavy atom. The minimum Gasteiger partial charge on any atom is -0.352 e. The summed E-state index contributed by atoms with van der Waals surface area (Å²) in [4.78, 5) is 25.5. The summed E-state index contributed by atoms with van der Waals surface area (Å²) in [6.07, 6.45) is 8.67. The van der Waals surface area contributed by atoms with Crippen molar-refractivity contribution < 1.29 is 14.0 Å². The lowest BCUT2D eigenvalue weighted by molar-refractivity contribution is 0.0271. The molecule has 9 heteroatoms. The zero-order chi connectivity index (χ0) is 25.1. The third-order valence-corrected chi connectivity index (χ3v) is 7.54. The van der Waals surface area contributed by atoms with E-state index in [0.29, 0.717) is 30.3 Å². The van der Waals surface area contributed by atoms with Gasteiger partial charge in [0.15, 0.2) is 5.82 Å².